The first kappa shape index (κ1) is 19.9. The molecule has 0 atom stereocenters. The van der Waals surface area contributed by atoms with E-state index in [9.17, 15) is 4.39 Å². The number of nitrogens with one attached hydrogen (secondary N) is 1. The molecule has 2 aromatic heterocycles. The summed E-state index contributed by atoms with van der Waals surface area (Å²) in [5.41, 5.74) is 2.18. The smallest absolute Gasteiger partial charge is 0.223 e. The number of hydrogen-bond acceptors (Lipinski definition) is 5. The minimum atomic E-state index is -0.295. The summed E-state index contributed by atoms with van der Waals surface area (Å²) in [6.45, 7) is 6.06. The first-order chi connectivity index (χ1) is 13.2. The Morgan fingerprint density at radius 3 is 2.64 bits per heavy atom. The third kappa shape index (κ3) is 4.72. The van der Waals surface area contributed by atoms with Crippen molar-refractivity contribution in [2.24, 2.45) is 12.5 Å². The normalized spacial score (nSPS) is 11.8. The highest BCUT2D eigenvalue weighted by atomic mass is 19.1. The van der Waals surface area contributed by atoms with E-state index < -0.39 is 0 Å². The highest BCUT2D eigenvalue weighted by molar-refractivity contribution is 5.78. The molecule has 3 aromatic rings. The molecule has 0 bridgehead atoms. The van der Waals surface area contributed by atoms with Gasteiger partial charge in [-0.05, 0) is 37.2 Å². The average molecular weight is 382 g/mol. The van der Waals surface area contributed by atoms with E-state index in [-0.39, 0.29) is 11.2 Å². The number of halogens is 1. The fraction of sp³-hybridized carbons (Fsp3) is 0.381. The van der Waals surface area contributed by atoms with Gasteiger partial charge in [0.05, 0.1) is 0 Å². The van der Waals surface area contributed by atoms with Gasteiger partial charge in [-0.15, -0.1) is 0 Å². The van der Waals surface area contributed by atoms with Crippen molar-refractivity contribution in [3.8, 4) is 22.6 Å². The first-order valence-corrected chi connectivity index (χ1v) is 9.24. The fourth-order valence-electron chi connectivity index (χ4n) is 3.33. The number of imidazole rings is 1. The van der Waals surface area contributed by atoms with E-state index in [1.165, 1.54) is 12.1 Å². The van der Waals surface area contributed by atoms with Crippen LogP contribution < -0.4 is 5.32 Å². The van der Waals surface area contributed by atoms with Crippen molar-refractivity contribution < 1.29 is 4.39 Å². The first-order valence-electron chi connectivity index (χ1n) is 9.24. The second-order valence-corrected chi connectivity index (χ2v) is 8.08. The number of rotatable bonds is 7. The molecule has 0 aliphatic carbocycles. The lowest BCUT2D eigenvalue weighted by molar-refractivity contribution is 0.254. The van der Waals surface area contributed by atoms with Gasteiger partial charge >= 0.3 is 0 Å². The molecule has 148 valence electrons. The molecule has 0 saturated carbocycles. The third-order valence-electron chi connectivity index (χ3n) is 4.43. The van der Waals surface area contributed by atoms with E-state index in [2.05, 4.69) is 48.1 Å². The minimum Gasteiger partial charge on any atom is -0.354 e. The van der Waals surface area contributed by atoms with Crippen molar-refractivity contribution in [1.82, 2.24) is 24.4 Å². The molecule has 0 aliphatic rings. The summed E-state index contributed by atoms with van der Waals surface area (Å²) in [5, 5.41) is 3.34. The largest absolute Gasteiger partial charge is 0.354 e. The third-order valence-corrected chi connectivity index (χ3v) is 4.43. The molecule has 0 radical (unpaired) electrons. The van der Waals surface area contributed by atoms with E-state index in [0.29, 0.717) is 17.5 Å². The van der Waals surface area contributed by atoms with Gasteiger partial charge in [0.15, 0.2) is 5.82 Å². The minimum absolute atomic E-state index is 0.0531. The molecular formula is C21H27FN6. The van der Waals surface area contributed by atoms with Gasteiger partial charge in [0, 0.05) is 44.3 Å². The molecule has 0 aliphatic heterocycles. The summed E-state index contributed by atoms with van der Waals surface area (Å²) >= 11 is 0. The van der Waals surface area contributed by atoms with Crippen molar-refractivity contribution in [1.29, 1.82) is 0 Å². The summed E-state index contributed by atoms with van der Waals surface area (Å²) < 4.78 is 15.7. The van der Waals surface area contributed by atoms with Crippen molar-refractivity contribution in [2.75, 3.05) is 32.5 Å². The van der Waals surface area contributed by atoms with Gasteiger partial charge in [-0.2, -0.15) is 0 Å². The van der Waals surface area contributed by atoms with Crippen molar-refractivity contribution >= 4 is 5.95 Å². The summed E-state index contributed by atoms with van der Waals surface area (Å²) in [7, 11) is 6.03. The van der Waals surface area contributed by atoms with Crippen molar-refractivity contribution in [2.45, 2.75) is 13.8 Å². The zero-order chi connectivity index (χ0) is 20.3. The van der Waals surface area contributed by atoms with Crippen LogP contribution in [0.3, 0.4) is 0 Å². The summed E-state index contributed by atoms with van der Waals surface area (Å²) in [6, 6.07) is 6.44. The van der Waals surface area contributed by atoms with E-state index >= 15 is 0 Å². The maximum absolute atomic E-state index is 13.8. The van der Waals surface area contributed by atoms with Gasteiger partial charge < -0.3 is 14.8 Å². The molecule has 0 amide bonds. The fourth-order valence-corrected chi connectivity index (χ4v) is 3.33. The van der Waals surface area contributed by atoms with E-state index in [1.54, 1.807) is 18.5 Å². The van der Waals surface area contributed by atoms with Crippen LogP contribution in [0.5, 0.6) is 0 Å². The maximum atomic E-state index is 13.8. The summed E-state index contributed by atoms with van der Waals surface area (Å²) in [4.78, 5) is 15.8. The highest BCUT2D eigenvalue weighted by Gasteiger charge is 2.20. The number of hydrogen-bond donors (Lipinski definition) is 1. The van der Waals surface area contributed by atoms with Gasteiger partial charge in [0.2, 0.25) is 5.95 Å². The predicted molar refractivity (Wildman–Crippen MR) is 110 cm³/mol. The molecule has 1 N–H and O–H groups in total. The van der Waals surface area contributed by atoms with Gasteiger partial charge in [0.1, 0.15) is 11.5 Å². The zero-order valence-electron chi connectivity index (χ0n) is 17.1. The van der Waals surface area contributed by atoms with Crippen LogP contribution in [-0.2, 0) is 7.05 Å². The number of aromatic nitrogens is 4. The molecule has 0 fully saturated rings. The van der Waals surface area contributed by atoms with Crippen LogP contribution in [-0.4, -0.2) is 51.6 Å². The van der Waals surface area contributed by atoms with Crippen molar-refractivity contribution in [3.63, 3.8) is 0 Å². The molecular weight excluding hydrogens is 355 g/mol. The highest BCUT2D eigenvalue weighted by Crippen LogP contribution is 2.30. The van der Waals surface area contributed by atoms with Crippen LogP contribution in [0.25, 0.3) is 22.6 Å². The van der Waals surface area contributed by atoms with Crippen LogP contribution in [0.2, 0.25) is 0 Å². The molecule has 6 nitrogen and oxygen atoms in total. The topological polar surface area (TPSA) is 58.9 Å². The lowest BCUT2D eigenvalue weighted by Crippen LogP contribution is -2.34. The Morgan fingerprint density at radius 2 is 2.00 bits per heavy atom. The molecule has 7 heteroatoms. The standard InChI is InChI=1S/C21H27FN6/c1-21(2,14-27(3)4)13-25-20-24-12-17(15-7-6-8-16(22)11-15)18(26-20)19-23-9-10-28(19)5/h6-12H,13-14H2,1-5H3,(H,24,25,26). The van der Waals surface area contributed by atoms with E-state index in [0.717, 1.165) is 24.2 Å². The Kier molecular flexibility index (Phi) is 5.74. The van der Waals surface area contributed by atoms with E-state index in [1.807, 2.05) is 23.9 Å². The van der Waals surface area contributed by atoms with Crippen LogP contribution in [0, 0.1) is 11.2 Å². The molecule has 3 rings (SSSR count). The summed E-state index contributed by atoms with van der Waals surface area (Å²) in [5.74, 6) is 0.943. The zero-order valence-corrected chi connectivity index (χ0v) is 17.1. The molecule has 0 spiro atoms. The Morgan fingerprint density at radius 1 is 1.21 bits per heavy atom. The van der Waals surface area contributed by atoms with Crippen LogP contribution >= 0.6 is 0 Å². The van der Waals surface area contributed by atoms with Gasteiger partial charge in [-0.25, -0.2) is 19.3 Å². The Bertz CT molecular complexity index is 948. The molecule has 0 unspecified atom stereocenters. The monoisotopic (exact) mass is 382 g/mol. The van der Waals surface area contributed by atoms with Crippen LogP contribution in [0.4, 0.5) is 10.3 Å². The average Bonchev–Trinajstić information content (AvgIpc) is 3.04. The van der Waals surface area contributed by atoms with Crippen molar-refractivity contribution in [3.05, 3.63) is 48.7 Å². The number of nitrogens with zero attached hydrogens (tertiary/aromatic N) is 5. The summed E-state index contributed by atoms with van der Waals surface area (Å²) in [6.07, 6.45) is 5.31. The number of aryl methyl sites for hydroxylation is 1. The van der Waals surface area contributed by atoms with Crippen LogP contribution in [0.15, 0.2) is 42.9 Å². The quantitative estimate of drug-likeness (QED) is 0.675. The molecule has 1 aromatic carbocycles. The second kappa shape index (κ2) is 8.06. The number of anilines is 1. The SMILES string of the molecule is CN(C)CC(C)(C)CNc1ncc(-c2cccc(F)c2)c(-c2nccn2C)n1. The lowest BCUT2D eigenvalue weighted by atomic mass is 9.93. The number of benzene rings is 1. The van der Waals surface area contributed by atoms with Gasteiger partial charge in [0.25, 0.3) is 0 Å². The predicted octanol–water partition coefficient (Wildman–Crippen LogP) is 3.68. The van der Waals surface area contributed by atoms with E-state index in [4.69, 9.17) is 4.98 Å². The molecule has 0 saturated heterocycles. The molecule has 28 heavy (non-hydrogen) atoms. The Labute approximate surface area is 165 Å². The molecule has 2 heterocycles. The Balaban J connectivity index is 1.96. The second-order valence-electron chi connectivity index (χ2n) is 8.08. The lowest BCUT2D eigenvalue weighted by Gasteiger charge is -2.28. The maximum Gasteiger partial charge on any atom is 0.223 e. The van der Waals surface area contributed by atoms with Gasteiger partial charge in [-0.1, -0.05) is 26.0 Å². The van der Waals surface area contributed by atoms with Crippen LogP contribution in [0.1, 0.15) is 13.8 Å². The van der Waals surface area contributed by atoms with Gasteiger partial charge in [-0.3, -0.25) is 0 Å². The Hall–Kier alpha value is -2.80.